The zero-order valence-corrected chi connectivity index (χ0v) is 7.30. The molecule has 0 aliphatic rings. The van der Waals surface area contributed by atoms with E-state index >= 15 is 0 Å². The van der Waals surface area contributed by atoms with E-state index in [9.17, 15) is 10.1 Å². The fourth-order valence-corrected chi connectivity index (χ4v) is 1.11. The molecule has 0 aromatic heterocycles. The number of benzene rings is 1. The zero-order valence-electron chi connectivity index (χ0n) is 7.30. The van der Waals surface area contributed by atoms with Gasteiger partial charge in [-0.25, -0.2) is 0 Å². The number of nitrogens with two attached hydrogens (primary N) is 1. The van der Waals surface area contributed by atoms with Gasteiger partial charge in [-0.2, -0.15) is 0 Å². The minimum absolute atomic E-state index is 0.321. The molecular weight excluding hydrogens is 188 g/mol. The fraction of sp³-hybridized carbons (Fsp3) is 0.250. The van der Waals surface area contributed by atoms with Crippen LogP contribution in [0.15, 0.2) is 12.1 Å². The number of phenols is 2. The lowest BCUT2D eigenvalue weighted by molar-refractivity contribution is -0.386. The van der Waals surface area contributed by atoms with Gasteiger partial charge in [-0.3, -0.25) is 10.1 Å². The standard InChI is InChI=1S/C8H10N2O4/c9-2-1-5-3-6(10(13)14)8(12)7(11)4-5/h3-4,11-12H,1-2,9H2. The molecule has 0 aliphatic heterocycles. The van der Waals surface area contributed by atoms with Gasteiger partial charge < -0.3 is 15.9 Å². The van der Waals surface area contributed by atoms with Gasteiger partial charge in [0.2, 0.25) is 5.75 Å². The summed E-state index contributed by atoms with van der Waals surface area (Å²) in [6.07, 6.45) is 0.411. The molecule has 6 nitrogen and oxygen atoms in total. The van der Waals surface area contributed by atoms with Crippen molar-refractivity contribution < 1.29 is 15.1 Å². The monoisotopic (exact) mass is 198 g/mol. The molecule has 0 spiro atoms. The summed E-state index contributed by atoms with van der Waals surface area (Å²) in [7, 11) is 0. The van der Waals surface area contributed by atoms with Gasteiger partial charge in [-0.15, -0.1) is 0 Å². The van der Waals surface area contributed by atoms with Gasteiger partial charge in [0.05, 0.1) is 4.92 Å². The first-order valence-corrected chi connectivity index (χ1v) is 3.95. The van der Waals surface area contributed by atoms with Crippen molar-refractivity contribution in [2.75, 3.05) is 6.54 Å². The van der Waals surface area contributed by atoms with Crippen molar-refractivity contribution in [2.24, 2.45) is 5.73 Å². The Balaban J connectivity index is 3.21. The molecule has 14 heavy (non-hydrogen) atoms. The van der Waals surface area contributed by atoms with E-state index in [1.54, 1.807) is 0 Å². The summed E-state index contributed by atoms with van der Waals surface area (Å²) in [6, 6.07) is 2.46. The van der Waals surface area contributed by atoms with E-state index in [0.717, 1.165) is 0 Å². The molecule has 6 heteroatoms. The molecule has 0 saturated heterocycles. The number of phenolic OH excluding ortho intramolecular Hbond substituents is 2. The quantitative estimate of drug-likeness (QED) is 0.372. The highest BCUT2D eigenvalue weighted by molar-refractivity contribution is 5.56. The summed E-state index contributed by atoms with van der Waals surface area (Å²) in [4.78, 5) is 9.68. The minimum Gasteiger partial charge on any atom is -0.504 e. The smallest absolute Gasteiger partial charge is 0.314 e. The molecule has 0 unspecified atom stereocenters. The van der Waals surface area contributed by atoms with E-state index in [1.165, 1.54) is 12.1 Å². The Hall–Kier alpha value is -1.82. The molecule has 1 aromatic carbocycles. The first kappa shape index (κ1) is 10.3. The molecule has 1 aromatic rings. The number of aromatic hydroxyl groups is 2. The van der Waals surface area contributed by atoms with E-state index in [4.69, 9.17) is 15.9 Å². The van der Waals surface area contributed by atoms with Crippen molar-refractivity contribution in [2.45, 2.75) is 6.42 Å². The SMILES string of the molecule is NCCc1cc(O)c(O)c([N+](=O)[O-])c1. The predicted molar refractivity (Wildman–Crippen MR) is 49.2 cm³/mol. The average molecular weight is 198 g/mol. The van der Waals surface area contributed by atoms with Crippen LogP contribution >= 0.6 is 0 Å². The molecule has 0 atom stereocenters. The summed E-state index contributed by atoms with van der Waals surface area (Å²) in [5.74, 6) is -1.21. The molecule has 0 radical (unpaired) electrons. The van der Waals surface area contributed by atoms with Crippen LogP contribution in [0.4, 0.5) is 5.69 Å². The average Bonchev–Trinajstić information content (AvgIpc) is 2.11. The largest absolute Gasteiger partial charge is 0.504 e. The number of rotatable bonds is 3. The summed E-state index contributed by atoms with van der Waals surface area (Å²) >= 11 is 0. The van der Waals surface area contributed by atoms with Crippen LogP contribution in [0.1, 0.15) is 5.56 Å². The van der Waals surface area contributed by atoms with Crippen LogP contribution < -0.4 is 5.73 Å². The highest BCUT2D eigenvalue weighted by Crippen LogP contribution is 2.35. The highest BCUT2D eigenvalue weighted by Gasteiger charge is 2.18. The first-order chi connectivity index (χ1) is 6.56. The molecule has 0 aliphatic carbocycles. The fourth-order valence-electron chi connectivity index (χ4n) is 1.11. The number of nitro benzene ring substituents is 1. The maximum absolute atomic E-state index is 10.4. The Labute approximate surface area is 79.7 Å². The maximum atomic E-state index is 10.4. The van der Waals surface area contributed by atoms with E-state index < -0.39 is 22.1 Å². The van der Waals surface area contributed by atoms with Gasteiger partial charge in [0, 0.05) is 6.07 Å². The Bertz CT molecular complexity index is 365. The summed E-state index contributed by atoms with van der Waals surface area (Å²) in [5, 5.41) is 28.7. The van der Waals surface area contributed by atoms with Crippen LogP contribution in [0.3, 0.4) is 0 Å². The second-order valence-corrected chi connectivity index (χ2v) is 2.78. The summed E-state index contributed by atoms with van der Waals surface area (Å²) in [5.41, 5.74) is 5.28. The van der Waals surface area contributed by atoms with Gasteiger partial charge in [0.15, 0.2) is 5.75 Å². The molecule has 0 amide bonds. The number of hydrogen-bond acceptors (Lipinski definition) is 5. The van der Waals surface area contributed by atoms with Crippen molar-refractivity contribution in [3.8, 4) is 11.5 Å². The van der Waals surface area contributed by atoms with Crippen LogP contribution in [-0.4, -0.2) is 21.7 Å². The third kappa shape index (κ3) is 1.91. The molecule has 0 heterocycles. The predicted octanol–water partition coefficient (Wildman–Crippen LogP) is 0.507. The van der Waals surface area contributed by atoms with Crippen molar-refractivity contribution in [3.05, 3.63) is 27.8 Å². The minimum atomic E-state index is -0.755. The lowest BCUT2D eigenvalue weighted by Gasteiger charge is -2.02. The number of hydrogen-bond donors (Lipinski definition) is 3. The Morgan fingerprint density at radius 3 is 2.57 bits per heavy atom. The Kier molecular flexibility index (Phi) is 2.88. The second-order valence-electron chi connectivity index (χ2n) is 2.78. The van der Waals surface area contributed by atoms with Gasteiger partial charge in [0.25, 0.3) is 0 Å². The third-order valence-corrected chi connectivity index (χ3v) is 1.76. The van der Waals surface area contributed by atoms with Crippen molar-refractivity contribution in [3.63, 3.8) is 0 Å². The van der Waals surface area contributed by atoms with Crippen LogP contribution in [-0.2, 0) is 6.42 Å². The van der Waals surface area contributed by atoms with Gasteiger partial charge in [0.1, 0.15) is 0 Å². The van der Waals surface area contributed by atoms with Crippen molar-refractivity contribution in [1.29, 1.82) is 0 Å². The van der Waals surface area contributed by atoms with Crippen LogP contribution in [0.5, 0.6) is 11.5 Å². The molecule has 0 bridgehead atoms. The topological polar surface area (TPSA) is 110 Å². The second kappa shape index (κ2) is 3.93. The summed E-state index contributed by atoms with van der Waals surface area (Å²) < 4.78 is 0. The van der Waals surface area contributed by atoms with Crippen LogP contribution in [0.25, 0.3) is 0 Å². The molecule has 0 fully saturated rings. The molecule has 76 valence electrons. The Morgan fingerprint density at radius 1 is 1.43 bits per heavy atom. The molecular formula is C8H10N2O4. The normalized spacial score (nSPS) is 10.1. The molecule has 0 saturated carbocycles. The molecule has 4 N–H and O–H groups in total. The third-order valence-electron chi connectivity index (χ3n) is 1.76. The van der Waals surface area contributed by atoms with Crippen LogP contribution in [0.2, 0.25) is 0 Å². The van der Waals surface area contributed by atoms with E-state index in [0.29, 0.717) is 18.5 Å². The van der Waals surface area contributed by atoms with Crippen molar-refractivity contribution >= 4 is 5.69 Å². The van der Waals surface area contributed by atoms with E-state index in [2.05, 4.69) is 0 Å². The van der Waals surface area contributed by atoms with Gasteiger partial charge in [-0.1, -0.05) is 0 Å². The first-order valence-electron chi connectivity index (χ1n) is 3.95. The van der Waals surface area contributed by atoms with E-state index in [1.807, 2.05) is 0 Å². The van der Waals surface area contributed by atoms with Crippen LogP contribution in [0, 0.1) is 10.1 Å². The Morgan fingerprint density at radius 2 is 2.07 bits per heavy atom. The highest BCUT2D eigenvalue weighted by atomic mass is 16.6. The number of nitro groups is 1. The maximum Gasteiger partial charge on any atom is 0.314 e. The lowest BCUT2D eigenvalue weighted by Crippen LogP contribution is -2.03. The summed E-state index contributed by atoms with van der Waals surface area (Å²) in [6.45, 7) is 0.321. The van der Waals surface area contributed by atoms with Gasteiger partial charge in [-0.05, 0) is 24.6 Å². The van der Waals surface area contributed by atoms with Crippen molar-refractivity contribution in [1.82, 2.24) is 0 Å². The van der Waals surface area contributed by atoms with E-state index in [-0.39, 0.29) is 0 Å². The molecule has 1 rings (SSSR count). The zero-order chi connectivity index (χ0) is 10.7. The lowest BCUT2D eigenvalue weighted by atomic mass is 10.1. The number of nitrogens with zero attached hydrogens (tertiary/aromatic N) is 1. The van der Waals surface area contributed by atoms with Gasteiger partial charge >= 0.3 is 5.69 Å².